The minimum Gasteiger partial charge on any atom is -0.481 e. The number of hydrogen-bond acceptors (Lipinski definition) is 4. The van der Waals surface area contributed by atoms with Gasteiger partial charge >= 0.3 is 35.5 Å². The molecule has 152 valence electrons. The average Bonchev–Trinajstić information content (AvgIpc) is 3.19. The number of aliphatic imine (C=N–C) groups is 1. The Kier molecular flexibility index (Phi) is 8.03. The Bertz CT molecular complexity index is 1090. The molecule has 3 aromatic rings. The van der Waals surface area contributed by atoms with Crippen LogP contribution < -0.4 is 39.6 Å². The molecule has 8 heteroatoms. The van der Waals surface area contributed by atoms with E-state index < -0.39 is 12.6 Å². The molecule has 2 N–H and O–H groups in total. The number of hydrogen-bond donors (Lipinski definition) is 2. The van der Waals surface area contributed by atoms with E-state index in [2.05, 4.69) is 5.32 Å². The van der Waals surface area contributed by atoms with Crippen molar-refractivity contribution in [2.45, 2.75) is 12.1 Å². The summed E-state index contributed by atoms with van der Waals surface area (Å²) in [6, 6.07) is 22.1. The van der Waals surface area contributed by atoms with Gasteiger partial charge < -0.3 is 15.2 Å². The summed E-state index contributed by atoms with van der Waals surface area (Å²) in [4.78, 5) is 15.9. The SMILES string of the molecule is O=C(O)COc1ccccc1C1=N[C@H](c2ccc(Cl)cc2)[C@H](c2ccc(Cl)cc2)N1.[Na+]. The molecule has 1 heterocycles. The number of carbonyl (C=O) groups is 1. The van der Waals surface area contributed by atoms with E-state index in [9.17, 15) is 4.79 Å². The molecule has 1 aliphatic heterocycles. The molecule has 0 saturated carbocycles. The topological polar surface area (TPSA) is 70.9 Å². The number of halogens is 2. The van der Waals surface area contributed by atoms with Crippen LogP contribution in [0.15, 0.2) is 77.8 Å². The van der Waals surface area contributed by atoms with Gasteiger partial charge in [-0.15, -0.1) is 0 Å². The second-order valence-corrected chi connectivity index (χ2v) is 7.70. The first-order valence-corrected chi connectivity index (χ1v) is 10.1. The molecule has 31 heavy (non-hydrogen) atoms. The number of nitrogens with one attached hydrogen (secondary N) is 1. The predicted octanol–water partition coefficient (Wildman–Crippen LogP) is 2.29. The Morgan fingerprint density at radius 3 is 2.13 bits per heavy atom. The van der Waals surface area contributed by atoms with E-state index in [-0.39, 0.29) is 41.6 Å². The van der Waals surface area contributed by atoms with E-state index in [0.29, 0.717) is 27.2 Å². The third-order valence-corrected chi connectivity index (χ3v) is 5.31. The molecule has 0 amide bonds. The van der Waals surface area contributed by atoms with Crippen LogP contribution >= 0.6 is 23.2 Å². The van der Waals surface area contributed by atoms with Crippen molar-refractivity contribution < 1.29 is 44.2 Å². The molecule has 0 saturated heterocycles. The van der Waals surface area contributed by atoms with Crippen molar-refractivity contribution in [3.05, 3.63) is 99.5 Å². The Morgan fingerprint density at radius 1 is 0.935 bits per heavy atom. The van der Waals surface area contributed by atoms with E-state index in [4.69, 9.17) is 38.0 Å². The first-order valence-electron chi connectivity index (χ1n) is 9.30. The molecule has 5 nitrogen and oxygen atoms in total. The van der Waals surface area contributed by atoms with E-state index in [1.165, 1.54) is 0 Å². The fourth-order valence-electron chi connectivity index (χ4n) is 3.41. The molecular formula is C23H18Cl2N2NaO3+. The Morgan fingerprint density at radius 2 is 1.52 bits per heavy atom. The van der Waals surface area contributed by atoms with Gasteiger partial charge in [-0.05, 0) is 47.5 Å². The molecule has 0 fully saturated rings. The molecule has 4 rings (SSSR count). The van der Waals surface area contributed by atoms with Crippen LogP contribution in [0.5, 0.6) is 5.75 Å². The summed E-state index contributed by atoms with van der Waals surface area (Å²) in [5, 5.41) is 13.8. The third-order valence-electron chi connectivity index (χ3n) is 4.81. The first kappa shape index (κ1) is 23.6. The Hall–Kier alpha value is -2.02. The minimum absolute atomic E-state index is 0. The number of benzene rings is 3. The van der Waals surface area contributed by atoms with Gasteiger partial charge in [0, 0.05) is 10.0 Å². The van der Waals surface area contributed by atoms with Gasteiger partial charge in [0.15, 0.2) is 6.61 Å². The van der Waals surface area contributed by atoms with Crippen molar-refractivity contribution in [3.63, 3.8) is 0 Å². The normalized spacial score (nSPS) is 17.3. The number of aliphatic carboxylic acids is 1. The summed E-state index contributed by atoms with van der Waals surface area (Å²) in [5.74, 6) is 0.0536. The molecule has 3 aromatic carbocycles. The molecule has 0 spiro atoms. The van der Waals surface area contributed by atoms with Gasteiger partial charge in [0.05, 0.1) is 11.6 Å². The maximum atomic E-state index is 10.9. The van der Waals surface area contributed by atoms with Gasteiger partial charge in [-0.2, -0.15) is 0 Å². The molecule has 0 aliphatic carbocycles. The largest absolute Gasteiger partial charge is 1.00 e. The van der Waals surface area contributed by atoms with Crippen molar-refractivity contribution >= 4 is 35.0 Å². The van der Waals surface area contributed by atoms with Crippen molar-refractivity contribution in [2.24, 2.45) is 4.99 Å². The number of rotatable bonds is 6. The zero-order valence-corrected chi connectivity index (χ0v) is 20.3. The van der Waals surface area contributed by atoms with Crippen LogP contribution in [0.2, 0.25) is 10.0 Å². The maximum Gasteiger partial charge on any atom is 1.00 e. The summed E-state index contributed by atoms with van der Waals surface area (Å²) in [6.07, 6.45) is 0. The standard InChI is InChI=1S/C23H18Cl2N2O3.Na/c24-16-9-5-14(6-10-16)21-22(15-7-11-17(25)12-8-15)27-23(26-21)18-3-1-2-4-19(18)30-13-20(28)29;/h1-12,21-22H,13H2,(H,26,27)(H,28,29);/q;+1/t21-,22+;. The molecular weight excluding hydrogens is 446 g/mol. The molecule has 0 radical (unpaired) electrons. The van der Waals surface area contributed by atoms with Crippen LogP contribution in [0.3, 0.4) is 0 Å². The number of ether oxygens (including phenoxy) is 1. The first-order chi connectivity index (χ1) is 14.5. The van der Waals surface area contributed by atoms with Crippen molar-refractivity contribution in [3.8, 4) is 5.75 Å². The quantitative estimate of drug-likeness (QED) is 0.550. The van der Waals surface area contributed by atoms with Crippen molar-refractivity contribution in [2.75, 3.05) is 6.61 Å². The van der Waals surface area contributed by atoms with E-state index >= 15 is 0 Å². The van der Waals surface area contributed by atoms with Gasteiger partial charge in [0.25, 0.3) is 0 Å². The summed E-state index contributed by atoms with van der Waals surface area (Å²) >= 11 is 12.1. The third kappa shape index (κ3) is 5.62. The van der Waals surface area contributed by atoms with Crippen LogP contribution in [0, 0.1) is 0 Å². The minimum atomic E-state index is -1.04. The smallest absolute Gasteiger partial charge is 0.481 e. The summed E-state index contributed by atoms with van der Waals surface area (Å²) in [6.45, 7) is -0.425. The average molecular weight is 464 g/mol. The number of amidine groups is 1. The van der Waals surface area contributed by atoms with Crippen LogP contribution in [0.4, 0.5) is 0 Å². The number of carboxylic acid groups (broad SMARTS) is 1. The van der Waals surface area contributed by atoms with Crippen LogP contribution in [0.25, 0.3) is 0 Å². The summed E-state index contributed by atoms with van der Waals surface area (Å²) in [5.41, 5.74) is 2.74. The van der Waals surface area contributed by atoms with E-state index in [1.54, 1.807) is 12.1 Å². The molecule has 2 atom stereocenters. The molecule has 1 aliphatic rings. The predicted molar refractivity (Wildman–Crippen MR) is 118 cm³/mol. The molecule has 0 bridgehead atoms. The Balaban J connectivity index is 0.00000272. The second kappa shape index (κ2) is 10.5. The monoisotopic (exact) mass is 463 g/mol. The number of para-hydroxylation sites is 1. The molecule has 0 unspecified atom stereocenters. The summed E-state index contributed by atoms with van der Waals surface area (Å²) < 4.78 is 5.47. The van der Waals surface area contributed by atoms with Gasteiger partial charge in [0.2, 0.25) is 0 Å². The zero-order valence-electron chi connectivity index (χ0n) is 16.8. The van der Waals surface area contributed by atoms with Crippen molar-refractivity contribution in [1.29, 1.82) is 0 Å². The van der Waals surface area contributed by atoms with E-state index in [0.717, 1.165) is 11.1 Å². The van der Waals surface area contributed by atoms with Gasteiger partial charge in [0.1, 0.15) is 17.6 Å². The van der Waals surface area contributed by atoms with Crippen LogP contribution in [0.1, 0.15) is 28.8 Å². The van der Waals surface area contributed by atoms with Gasteiger partial charge in [-0.25, -0.2) is 4.79 Å². The Labute approximate surface area is 212 Å². The number of nitrogens with zero attached hydrogens (tertiary/aromatic N) is 1. The van der Waals surface area contributed by atoms with E-state index in [1.807, 2.05) is 60.7 Å². The second-order valence-electron chi connectivity index (χ2n) is 6.83. The number of carboxylic acids is 1. The summed E-state index contributed by atoms with van der Waals surface area (Å²) in [7, 11) is 0. The van der Waals surface area contributed by atoms with Gasteiger partial charge in [-0.3, -0.25) is 4.99 Å². The van der Waals surface area contributed by atoms with Gasteiger partial charge in [-0.1, -0.05) is 59.6 Å². The fourth-order valence-corrected chi connectivity index (χ4v) is 3.67. The molecule has 0 aromatic heterocycles. The van der Waals surface area contributed by atoms with Crippen LogP contribution in [-0.4, -0.2) is 23.5 Å². The fraction of sp³-hybridized carbons (Fsp3) is 0.130. The zero-order chi connectivity index (χ0) is 21.1. The maximum absolute atomic E-state index is 10.9. The van der Waals surface area contributed by atoms with Crippen molar-refractivity contribution in [1.82, 2.24) is 5.32 Å². The van der Waals surface area contributed by atoms with Crippen LogP contribution in [-0.2, 0) is 4.79 Å².